The van der Waals surface area contributed by atoms with Gasteiger partial charge in [0.25, 0.3) is 0 Å². The van der Waals surface area contributed by atoms with E-state index in [0.29, 0.717) is 5.56 Å². The molecule has 0 amide bonds. The van der Waals surface area contributed by atoms with Gasteiger partial charge in [-0.05, 0) is 31.2 Å². The molecule has 0 aliphatic rings. The van der Waals surface area contributed by atoms with Gasteiger partial charge in [0.05, 0.1) is 0 Å². The Bertz CT molecular complexity index is 552. The monoisotopic (exact) mass is 247 g/mol. The Morgan fingerprint density at radius 1 is 0.944 bits per heavy atom. The minimum absolute atomic E-state index is 0.0730. The molecule has 1 N–H and O–H groups in total. The summed E-state index contributed by atoms with van der Waals surface area (Å²) in [5.41, 5.74) is 1.97. The van der Waals surface area contributed by atoms with Crippen LogP contribution >= 0.6 is 0 Å². The molecule has 0 fully saturated rings. The van der Waals surface area contributed by atoms with Gasteiger partial charge in [0, 0.05) is 11.6 Å². The predicted molar refractivity (Wildman–Crippen MR) is 69.3 cm³/mol. The number of nitrogens with one attached hydrogen (secondary N) is 1. The van der Waals surface area contributed by atoms with E-state index in [0.717, 1.165) is 17.2 Å². The largest absolute Gasteiger partial charge is 0.313 e. The molecule has 0 saturated heterocycles. The number of hydrogen-bond donors (Lipinski definition) is 1. The summed E-state index contributed by atoms with van der Waals surface area (Å²) >= 11 is 0. The van der Waals surface area contributed by atoms with Gasteiger partial charge < -0.3 is 5.32 Å². The molecule has 2 aromatic rings. The maximum absolute atomic E-state index is 13.8. The van der Waals surface area contributed by atoms with E-state index < -0.39 is 11.6 Å². The highest BCUT2D eigenvalue weighted by Crippen LogP contribution is 2.30. The summed E-state index contributed by atoms with van der Waals surface area (Å²) in [4.78, 5) is 0. The van der Waals surface area contributed by atoms with Gasteiger partial charge in [0.15, 0.2) is 11.6 Å². The molecule has 94 valence electrons. The van der Waals surface area contributed by atoms with Crippen molar-refractivity contribution in [3.63, 3.8) is 0 Å². The van der Waals surface area contributed by atoms with Crippen molar-refractivity contribution in [1.29, 1.82) is 0 Å². The summed E-state index contributed by atoms with van der Waals surface area (Å²) < 4.78 is 27.1. The second-order valence-electron chi connectivity index (χ2n) is 4.20. The van der Waals surface area contributed by atoms with Gasteiger partial charge in [-0.15, -0.1) is 0 Å². The zero-order valence-corrected chi connectivity index (χ0v) is 10.4. The molecule has 0 aliphatic carbocycles. The van der Waals surface area contributed by atoms with Crippen LogP contribution in [-0.4, -0.2) is 7.05 Å². The third kappa shape index (κ3) is 2.27. The summed E-state index contributed by atoms with van der Waals surface area (Å²) in [5.74, 6) is -1.62. The van der Waals surface area contributed by atoms with Gasteiger partial charge in [-0.2, -0.15) is 0 Å². The lowest BCUT2D eigenvalue weighted by Gasteiger charge is -2.16. The molecule has 2 rings (SSSR count). The molecular formula is C15H15F2N. The molecule has 18 heavy (non-hydrogen) atoms. The molecule has 1 nitrogen and oxygen atoms in total. The average Bonchev–Trinajstić information content (AvgIpc) is 2.41. The fraction of sp³-hybridized carbons (Fsp3) is 0.200. The van der Waals surface area contributed by atoms with E-state index in [2.05, 4.69) is 5.32 Å². The van der Waals surface area contributed by atoms with Gasteiger partial charge in [-0.3, -0.25) is 0 Å². The quantitative estimate of drug-likeness (QED) is 0.867. The van der Waals surface area contributed by atoms with Crippen LogP contribution in [0.1, 0.15) is 18.5 Å². The standard InChI is InChI=1S/C15H15F2N/c1-10(18-2)11-6-3-4-7-12(11)13-8-5-9-14(16)15(13)17/h3-10,18H,1-2H3. The average molecular weight is 247 g/mol. The van der Waals surface area contributed by atoms with E-state index in [1.165, 1.54) is 6.07 Å². The smallest absolute Gasteiger partial charge is 0.166 e. The summed E-state index contributed by atoms with van der Waals surface area (Å²) in [6.45, 7) is 1.98. The summed E-state index contributed by atoms with van der Waals surface area (Å²) in [5, 5.41) is 3.11. The van der Waals surface area contributed by atoms with E-state index in [9.17, 15) is 8.78 Å². The number of hydrogen-bond acceptors (Lipinski definition) is 1. The van der Waals surface area contributed by atoms with Crippen molar-refractivity contribution in [2.45, 2.75) is 13.0 Å². The van der Waals surface area contributed by atoms with E-state index >= 15 is 0 Å². The van der Waals surface area contributed by atoms with Crippen LogP contribution in [0.4, 0.5) is 8.78 Å². The van der Waals surface area contributed by atoms with Crippen molar-refractivity contribution < 1.29 is 8.78 Å². The van der Waals surface area contributed by atoms with E-state index in [-0.39, 0.29) is 6.04 Å². The van der Waals surface area contributed by atoms with Crippen LogP contribution in [0.5, 0.6) is 0 Å². The van der Waals surface area contributed by atoms with Crippen LogP contribution in [0.25, 0.3) is 11.1 Å². The lowest BCUT2D eigenvalue weighted by atomic mass is 9.95. The zero-order valence-electron chi connectivity index (χ0n) is 10.4. The van der Waals surface area contributed by atoms with Crippen LogP contribution in [-0.2, 0) is 0 Å². The molecule has 0 saturated carbocycles. The zero-order chi connectivity index (χ0) is 13.1. The molecule has 0 aromatic heterocycles. The Labute approximate surface area is 105 Å². The first-order valence-corrected chi connectivity index (χ1v) is 5.85. The van der Waals surface area contributed by atoms with Gasteiger partial charge >= 0.3 is 0 Å². The fourth-order valence-corrected chi connectivity index (χ4v) is 1.99. The molecule has 3 heteroatoms. The number of rotatable bonds is 3. The Morgan fingerprint density at radius 2 is 1.61 bits per heavy atom. The Hall–Kier alpha value is -1.74. The first-order valence-electron chi connectivity index (χ1n) is 5.85. The third-order valence-corrected chi connectivity index (χ3v) is 3.10. The predicted octanol–water partition coefficient (Wildman–Crippen LogP) is 3.91. The van der Waals surface area contributed by atoms with Crippen LogP contribution in [0.3, 0.4) is 0 Å². The third-order valence-electron chi connectivity index (χ3n) is 3.10. The normalized spacial score (nSPS) is 12.4. The van der Waals surface area contributed by atoms with Gasteiger partial charge in [0.2, 0.25) is 0 Å². The van der Waals surface area contributed by atoms with Crippen LogP contribution in [0.2, 0.25) is 0 Å². The molecule has 0 spiro atoms. The summed E-state index contributed by atoms with van der Waals surface area (Å²) in [6.07, 6.45) is 0. The number of halogens is 2. The lowest BCUT2D eigenvalue weighted by molar-refractivity contribution is 0.511. The molecular weight excluding hydrogens is 232 g/mol. The topological polar surface area (TPSA) is 12.0 Å². The maximum Gasteiger partial charge on any atom is 0.166 e. The van der Waals surface area contributed by atoms with Crippen molar-refractivity contribution in [3.8, 4) is 11.1 Å². The molecule has 2 aromatic carbocycles. The van der Waals surface area contributed by atoms with Gasteiger partial charge in [0.1, 0.15) is 0 Å². The van der Waals surface area contributed by atoms with Crippen molar-refractivity contribution in [3.05, 3.63) is 59.7 Å². The first-order chi connectivity index (χ1) is 8.65. The van der Waals surface area contributed by atoms with Crippen molar-refractivity contribution >= 4 is 0 Å². The van der Waals surface area contributed by atoms with E-state index in [1.54, 1.807) is 12.1 Å². The van der Waals surface area contributed by atoms with Crippen molar-refractivity contribution in [2.24, 2.45) is 0 Å². The minimum atomic E-state index is -0.820. The second-order valence-corrected chi connectivity index (χ2v) is 4.20. The molecule has 0 heterocycles. The first kappa shape index (κ1) is 12.7. The lowest BCUT2D eigenvalue weighted by Crippen LogP contribution is -2.13. The fourth-order valence-electron chi connectivity index (χ4n) is 1.99. The van der Waals surface area contributed by atoms with Gasteiger partial charge in [-0.25, -0.2) is 8.78 Å². The van der Waals surface area contributed by atoms with E-state index in [1.807, 2.05) is 32.2 Å². The van der Waals surface area contributed by atoms with Crippen LogP contribution in [0, 0.1) is 11.6 Å². The Kier molecular flexibility index (Phi) is 3.72. The molecule has 0 aliphatic heterocycles. The highest BCUT2D eigenvalue weighted by atomic mass is 19.2. The molecule has 0 bridgehead atoms. The highest BCUT2D eigenvalue weighted by Gasteiger charge is 2.15. The molecule has 0 radical (unpaired) electrons. The Balaban J connectivity index is 2.60. The summed E-state index contributed by atoms with van der Waals surface area (Å²) in [6, 6.07) is 11.8. The SMILES string of the molecule is CNC(C)c1ccccc1-c1cccc(F)c1F. The van der Waals surface area contributed by atoms with Crippen LogP contribution in [0.15, 0.2) is 42.5 Å². The maximum atomic E-state index is 13.8. The Morgan fingerprint density at radius 3 is 2.33 bits per heavy atom. The van der Waals surface area contributed by atoms with Gasteiger partial charge in [-0.1, -0.05) is 36.4 Å². The molecule has 1 atom stereocenters. The summed E-state index contributed by atoms with van der Waals surface area (Å²) in [7, 11) is 1.84. The minimum Gasteiger partial charge on any atom is -0.313 e. The van der Waals surface area contributed by atoms with E-state index in [4.69, 9.17) is 0 Å². The molecule has 1 unspecified atom stereocenters. The van der Waals surface area contributed by atoms with Crippen molar-refractivity contribution in [1.82, 2.24) is 5.32 Å². The van der Waals surface area contributed by atoms with Crippen LogP contribution < -0.4 is 5.32 Å². The highest BCUT2D eigenvalue weighted by molar-refractivity contribution is 5.68. The second kappa shape index (κ2) is 5.27. The van der Waals surface area contributed by atoms with Crippen molar-refractivity contribution in [2.75, 3.05) is 7.05 Å². The number of benzene rings is 2.